The Balaban J connectivity index is 3.18. The summed E-state index contributed by atoms with van der Waals surface area (Å²) in [6, 6.07) is 4.15. The van der Waals surface area contributed by atoms with Crippen LogP contribution < -0.4 is 5.46 Å². The SMILES string of the molecule is O=C=Nc1cc(B(O)O)ccc1Cl. The second-order valence-electron chi connectivity index (χ2n) is 2.29. The molecule has 4 nitrogen and oxygen atoms in total. The molecule has 1 rings (SSSR count). The van der Waals surface area contributed by atoms with Gasteiger partial charge in [0.25, 0.3) is 0 Å². The Bertz CT molecular complexity index is 363. The number of hydrogen-bond donors (Lipinski definition) is 2. The van der Waals surface area contributed by atoms with Crippen LogP contribution in [-0.2, 0) is 4.79 Å². The predicted octanol–water partition coefficient (Wildman–Crippen LogP) is -0.0129. The molecule has 0 aliphatic rings. The average Bonchev–Trinajstić information content (AvgIpc) is 2.08. The lowest BCUT2D eigenvalue weighted by Crippen LogP contribution is -2.29. The maximum atomic E-state index is 9.93. The van der Waals surface area contributed by atoms with Gasteiger partial charge in [0.15, 0.2) is 0 Å². The third-order valence-electron chi connectivity index (χ3n) is 1.43. The molecule has 0 spiro atoms. The summed E-state index contributed by atoms with van der Waals surface area (Å²) >= 11 is 5.64. The normalized spacial score (nSPS) is 9.15. The van der Waals surface area contributed by atoms with Crippen molar-refractivity contribution in [3.63, 3.8) is 0 Å². The van der Waals surface area contributed by atoms with E-state index in [1.807, 2.05) is 0 Å². The maximum Gasteiger partial charge on any atom is 0.488 e. The summed E-state index contributed by atoms with van der Waals surface area (Å²) in [5.41, 5.74) is 0.390. The highest BCUT2D eigenvalue weighted by molar-refractivity contribution is 6.58. The van der Waals surface area contributed by atoms with E-state index in [2.05, 4.69) is 4.99 Å². The van der Waals surface area contributed by atoms with Crippen molar-refractivity contribution in [2.75, 3.05) is 0 Å². The molecule has 0 radical (unpaired) electrons. The van der Waals surface area contributed by atoms with Gasteiger partial charge in [-0.25, -0.2) is 4.79 Å². The zero-order chi connectivity index (χ0) is 9.84. The zero-order valence-corrected chi connectivity index (χ0v) is 7.19. The van der Waals surface area contributed by atoms with E-state index in [4.69, 9.17) is 21.6 Å². The number of rotatable bonds is 2. The molecular formula is C7H5BClNO3. The first-order valence-corrected chi connectivity index (χ1v) is 3.76. The van der Waals surface area contributed by atoms with Crippen molar-refractivity contribution in [1.29, 1.82) is 0 Å². The minimum Gasteiger partial charge on any atom is -0.423 e. The van der Waals surface area contributed by atoms with Crippen LogP contribution in [0.3, 0.4) is 0 Å². The minimum absolute atomic E-state index is 0.169. The van der Waals surface area contributed by atoms with Crippen molar-refractivity contribution in [3.05, 3.63) is 23.2 Å². The van der Waals surface area contributed by atoms with Crippen LogP contribution in [-0.4, -0.2) is 23.2 Å². The summed E-state index contributed by atoms with van der Waals surface area (Å²) in [6.45, 7) is 0. The summed E-state index contributed by atoms with van der Waals surface area (Å²) in [4.78, 5) is 13.2. The Labute approximate surface area is 79.6 Å². The summed E-state index contributed by atoms with van der Waals surface area (Å²) in [7, 11) is -1.60. The third-order valence-corrected chi connectivity index (χ3v) is 1.75. The molecule has 0 saturated carbocycles. The van der Waals surface area contributed by atoms with Crippen LogP contribution >= 0.6 is 11.6 Å². The molecule has 0 amide bonds. The standard InChI is InChI=1S/C7H5BClNO3/c9-6-2-1-5(8(12)13)3-7(6)10-4-11/h1-3,12-13H. The minimum atomic E-state index is -1.60. The molecule has 0 aliphatic heterocycles. The van der Waals surface area contributed by atoms with Crippen LogP contribution in [0.4, 0.5) is 5.69 Å². The fourth-order valence-corrected chi connectivity index (χ4v) is 0.985. The molecule has 1 aromatic carbocycles. The van der Waals surface area contributed by atoms with Crippen LogP contribution in [0.1, 0.15) is 0 Å². The number of benzene rings is 1. The zero-order valence-electron chi connectivity index (χ0n) is 6.44. The number of halogens is 1. The number of hydrogen-bond acceptors (Lipinski definition) is 4. The van der Waals surface area contributed by atoms with E-state index in [1.165, 1.54) is 24.3 Å². The Kier molecular flexibility index (Phi) is 3.22. The quantitative estimate of drug-likeness (QED) is 0.398. The molecular weight excluding hydrogens is 192 g/mol. The third kappa shape index (κ3) is 2.40. The molecule has 0 fully saturated rings. The van der Waals surface area contributed by atoms with Crippen molar-refractivity contribution < 1.29 is 14.8 Å². The number of carbonyl (C=O) groups excluding carboxylic acids is 1. The molecule has 66 valence electrons. The van der Waals surface area contributed by atoms with Gasteiger partial charge in [0.1, 0.15) is 0 Å². The van der Waals surface area contributed by atoms with Crippen molar-refractivity contribution in [2.24, 2.45) is 4.99 Å². The lowest BCUT2D eigenvalue weighted by molar-refractivity contribution is 0.426. The van der Waals surface area contributed by atoms with Gasteiger partial charge in [0.2, 0.25) is 6.08 Å². The van der Waals surface area contributed by atoms with E-state index in [1.54, 1.807) is 0 Å². The molecule has 0 atom stereocenters. The van der Waals surface area contributed by atoms with E-state index < -0.39 is 7.12 Å². The van der Waals surface area contributed by atoms with Gasteiger partial charge in [-0.05, 0) is 17.6 Å². The van der Waals surface area contributed by atoms with Crippen LogP contribution in [0.5, 0.6) is 0 Å². The molecule has 0 bridgehead atoms. The Morgan fingerprint density at radius 1 is 1.46 bits per heavy atom. The van der Waals surface area contributed by atoms with Gasteiger partial charge in [-0.1, -0.05) is 17.7 Å². The Morgan fingerprint density at radius 3 is 2.69 bits per heavy atom. The second kappa shape index (κ2) is 4.21. The summed E-state index contributed by atoms with van der Waals surface area (Å²) in [5.74, 6) is 0. The second-order valence-corrected chi connectivity index (χ2v) is 2.69. The highest BCUT2D eigenvalue weighted by atomic mass is 35.5. The maximum absolute atomic E-state index is 9.93. The molecule has 0 heterocycles. The Hall–Kier alpha value is -1.13. The first-order chi connectivity index (χ1) is 6.15. The molecule has 13 heavy (non-hydrogen) atoms. The van der Waals surface area contributed by atoms with Crippen molar-refractivity contribution >= 4 is 35.9 Å². The monoisotopic (exact) mass is 197 g/mol. The van der Waals surface area contributed by atoms with Gasteiger partial charge in [0, 0.05) is 0 Å². The Morgan fingerprint density at radius 2 is 2.15 bits per heavy atom. The van der Waals surface area contributed by atoms with Crippen molar-refractivity contribution in [3.8, 4) is 0 Å². The van der Waals surface area contributed by atoms with E-state index in [0.29, 0.717) is 0 Å². The fraction of sp³-hybridized carbons (Fsp3) is 0. The lowest BCUT2D eigenvalue weighted by Gasteiger charge is -2.00. The number of nitrogens with zero attached hydrogens (tertiary/aromatic N) is 1. The molecule has 2 N–H and O–H groups in total. The van der Waals surface area contributed by atoms with E-state index in [-0.39, 0.29) is 16.2 Å². The van der Waals surface area contributed by atoms with Gasteiger partial charge in [-0.2, -0.15) is 4.99 Å². The van der Waals surface area contributed by atoms with Crippen molar-refractivity contribution in [2.45, 2.75) is 0 Å². The lowest BCUT2D eigenvalue weighted by atomic mass is 9.80. The summed E-state index contributed by atoms with van der Waals surface area (Å²) in [5, 5.41) is 17.8. The highest BCUT2D eigenvalue weighted by Crippen LogP contribution is 2.22. The smallest absolute Gasteiger partial charge is 0.423 e. The van der Waals surface area contributed by atoms with E-state index >= 15 is 0 Å². The largest absolute Gasteiger partial charge is 0.488 e. The fourth-order valence-electron chi connectivity index (χ4n) is 0.825. The number of aliphatic imine (C=N–C) groups is 1. The molecule has 0 aliphatic carbocycles. The first-order valence-electron chi connectivity index (χ1n) is 3.38. The molecule has 1 aromatic rings. The van der Waals surface area contributed by atoms with Crippen LogP contribution in [0.25, 0.3) is 0 Å². The highest BCUT2D eigenvalue weighted by Gasteiger charge is 2.12. The van der Waals surface area contributed by atoms with Gasteiger partial charge in [-0.15, -0.1) is 0 Å². The molecule has 0 aromatic heterocycles. The molecule has 6 heteroatoms. The first kappa shape index (κ1) is 9.96. The summed E-state index contributed by atoms with van der Waals surface area (Å²) < 4.78 is 0. The van der Waals surface area contributed by atoms with E-state index in [0.717, 1.165) is 0 Å². The number of isocyanates is 1. The van der Waals surface area contributed by atoms with Crippen LogP contribution in [0.2, 0.25) is 5.02 Å². The molecule has 0 unspecified atom stereocenters. The van der Waals surface area contributed by atoms with Gasteiger partial charge >= 0.3 is 7.12 Å². The van der Waals surface area contributed by atoms with Gasteiger partial charge in [0.05, 0.1) is 10.7 Å². The van der Waals surface area contributed by atoms with Crippen LogP contribution in [0.15, 0.2) is 23.2 Å². The predicted molar refractivity (Wildman–Crippen MR) is 49.1 cm³/mol. The van der Waals surface area contributed by atoms with Crippen molar-refractivity contribution in [1.82, 2.24) is 0 Å². The van der Waals surface area contributed by atoms with Gasteiger partial charge in [-0.3, -0.25) is 0 Å². The average molecular weight is 197 g/mol. The molecule has 0 saturated heterocycles. The van der Waals surface area contributed by atoms with E-state index in [9.17, 15) is 4.79 Å². The summed E-state index contributed by atoms with van der Waals surface area (Å²) in [6.07, 6.45) is 1.32. The van der Waals surface area contributed by atoms with Gasteiger partial charge < -0.3 is 10.0 Å². The van der Waals surface area contributed by atoms with Crippen LogP contribution in [0, 0.1) is 0 Å². The topological polar surface area (TPSA) is 69.9 Å².